The molecule has 0 aliphatic carbocycles. The average molecular weight is 218 g/mol. The van der Waals surface area contributed by atoms with Crippen molar-refractivity contribution in [3.8, 4) is 0 Å². The summed E-state index contributed by atoms with van der Waals surface area (Å²) in [5.74, 6) is 0. The van der Waals surface area contributed by atoms with Crippen LogP contribution in [-0.2, 0) is 11.2 Å². The van der Waals surface area contributed by atoms with Gasteiger partial charge in [-0.3, -0.25) is 0 Å². The minimum Gasteiger partial charge on any atom is -0.381 e. The molecule has 0 aliphatic rings. The van der Waals surface area contributed by atoms with Gasteiger partial charge in [-0.1, -0.05) is 50.3 Å². The highest BCUT2D eigenvalue weighted by Crippen LogP contribution is 2.27. The Labute approximate surface area is 99.1 Å². The van der Waals surface area contributed by atoms with Gasteiger partial charge in [0.05, 0.1) is 6.10 Å². The molecule has 1 nitrogen and oxygen atoms in total. The van der Waals surface area contributed by atoms with Crippen LogP contribution < -0.4 is 0 Å². The van der Waals surface area contributed by atoms with E-state index in [4.69, 9.17) is 4.74 Å². The van der Waals surface area contributed by atoms with E-state index in [-0.39, 0.29) is 11.5 Å². The molecule has 0 aliphatic heterocycles. The summed E-state index contributed by atoms with van der Waals surface area (Å²) in [5, 5.41) is 0. The summed E-state index contributed by atoms with van der Waals surface area (Å²) >= 11 is 0. The topological polar surface area (TPSA) is 9.23 Å². The first kappa shape index (κ1) is 13.0. The number of aryl methyl sites for hydroxylation is 1. The van der Waals surface area contributed by atoms with Gasteiger partial charge in [0.2, 0.25) is 0 Å². The van der Waals surface area contributed by atoms with E-state index in [0.717, 1.165) is 12.8 Å². The van der Waals surface area contributed by atoms with Crippen molar-refractivity contribution < 1.29 is 4.74 Å². The molecule has 0 radical (unpaired) electrons. The van der Waals surface area contributed by atoms with Crippen molar-refractivity contribution in [1.82, 2.24) is 0 Å². The molecule has 1 rings (SSSR count). The number of hydrogen-bond donors (Lipinski definition) is 0. The molecule has 0 heterocycles. The van der Waals surface area contributed by atoms with Gasteiger partial charge in [-0.25, -0.2) is 0 Å². The maximum absolute atomic E-state index is 5.56. The SMILES string of the molecule is C=CC(C)(C)C(CCc1ccccc1)OC. The van der Waals surface area contributed by atoms with Crippen LogP contribution in [0.2, 0.25) is 0 Å². The van der Waals surface area contributed by atoms with Crippen molar-refractivity contribution in [3.05, 3.63) is 48.6 Å². The molecular formula is C15H22O. The van der Waals surface area contributed by atoms with Crippen LogP contribution in [0, 0.1) is 5.41 Å². The fraction of sp³-hybridized carbons (Fsp3) is 0.467. The van der Waals surface area contributed by atoms with Gasteiger partial charge in [-0.05, 0) is 18.4 Å². The first-order chi connectivity index (χ1) is 7.60. The van der Waals surface area contributed by atoms with Crippen LogP contribution >= 0.6 is 0 Å². The zero-order valence-corrected chi connectivity index (χ0v) is 10.6. The van der Waals surface area contributed by atoms with Crippen LogP contribution in [-0.4, -0.2) is 13.2 Å². The number of rotatable bonds is 6. The lowest BCUT2D eigenvalue weighted by atomic mass is 9.83. The Kier molecular flexibility index (Phi) is 4.75. The highest BCUT2D eigenvalue weighted by atomic mass is 16.5. The summed E-state index contributed by atoms with van der Waals surface area (Å²) in [6.07, 6.45) is 4.28. The van der Waals surface area contributed by atoms with Crippen molar-refractivity contribution in [2.75, 3.05) is 7.11 Å². The molecule has 0 saturated carbocycles. The second-order valence-electron chi connectivity index (χ2n) is 4.77. The molecule has 0 aromatic heterocycles. The molecule has 1 heteroatoms. The Morgan fingerprint density at radius 1 is 1.31 bits per heavy atom. The maximum atomic E-state index is 5.56. The van der Waals surface area contributed by atoms with Gasteiger partial charge in [0.1, 0.15) is 0 Å². The zero-order valence-electron chi connectivity index (χ0n) is 10.6. The standard InChI is InChI=1S/C15H22O/c1-5-15(2,3)14(16-4)12-11-13-9-7-6-8-10-13/h5-10,14H,1,11-12H2,2-4H3. The minimum atomic E-state index is 0.0313. The smallest absolute Gasteiger partial charge is 0.0659 e. The summed E-state index contributed by atoms with van der Waals surface area (Å²) in [6.45, 7) is 8.21. The quantitative estimate of drug-likeness (QED) is 0.659. The Balaban J connectivity index is 2.56. The average Bonchev–Trinajstić information content (AvgIpc) is 2.31. The molecule has 16 heavy (non-hydrogen) atoms. The summed E-state index contributed by atoms with van der Waals surface area (Å²) in [5.41, 5.74) is 1.40. The fourth-order valence-corrected chi connectivity index (χ4v) is 1.87. The Morgan fingerprint density at radius 2 is 1.94 bits per heavy atom. The van der Waals surface area contributed by atoms with Gasteiger partial charge in [0.15, 0.2) is 0 Å². The van der Waals surface area contributed by atoms with Gasteiger partial charge < -0.3 is 4.74 Å². The zero-order chi connectivity index (χ0) is 12.0. The van der Waals surface area contributed by atoms with Gasteiger partial charge >= 0.3 is 0 Å². The van der Waals surface area contributed by atoms with Crippen LogP contribution in [0.25, 0.3) is 0 Å². The summed E-state index contributed by atoms with van der Waals surface area (Å²) in [4.78, 5) is 0. The van der Waals surface area contributed by atoms with E-state index in [9.17, 15) is 0 Å². The first-order valence-electron chi connectivity index (χ1n) is 5.80. The van der Waals surface area contributed by atoms with Crippen LogP contribution in [0.3, 0.4) is 0 Å². The Hall–Kier alpha value is -1.08. The Morgan fingerprint density at radius 3 is 2.44 bits per heavy atom. The molecule has 1 aromatic carbocycles. The minimum absolute atomic E-state index is 0.0313. The summed E-state index contributed by atoms with van der Waals surface area (Å²) < 4.78 is 5.56. The molecule has 0 bridgehead atoms. The molecule has 0 amide bonds. The van der Waals surface area contributed by atoms with Crippen molar-refractivity contribution in [1.29, 1.82) is 0 Å². The van der Waals surface area contributed by atoms with Crippen LogP contribution in [0.15, 0.2) is 43.0 Å². The van der Waals surface area contributed by atoms with E-state index < -0.39 is 0 Å². The normalized spacial score (nSPS) is 13.4. The van der Waals surface area contributed by atoms with Crippen molar-refractivity contribution in [3.63, 3.8) is 0 Å². The van der Waals surface area contributed by atoms with E-state index in [2.05, 4.69) is 44.7 Å². The second kappa shape index (κ2) is 5.86. The number of hydrogen-bond acceptors (Lipinski definition) is 1. The molecule has 88 valence electrons. The third-order valence-corrected chi connectivity index (χ3v) is 3.18. The molecule has 1 atom stereocenters. The second-order valence-corrected chi connectivity index (χ2v) is 4.77. The van der Waals surface area contributed by atoms with Crippen LogP contribution in [0.5, 0.6) is 0 Å². The van der Waals surface area contributed by atoms with Crippen molar-refractivity contribution >= 4 is 0 Å². The summed E-state index contributed by atoms with van der Waals surface area (Å²) in [7, 11) is 1.78. The maximum Gasteiger partial charge on any atom is 0.0659 e. The molecule has 1 unspecified atom stereocenters. The van der Waals surface area contributed by atoms with Gasteiger partial charge in [-0.15, -0.1) is 6.58 Å². The predicted octanol–water partition coefficient (Wildman–Crippen LogP) is 3.85. The molecule has 0 spiro atoms. The van der Waals surface area contributed by atoms with Crippen molar-refractivity contribution in [2.45, 2.75) is 32.8 Å². The predicted molar refractivity (Wildman–Crippen MR) is 69.5 cm³/mol. The first-order valence-corrected chi connectivity index (χ1v) is 5.80. The van der Waals surface area contributed by atoms with E-state index in [1.54, 1.807) is 7.11 Å². The molecule has 0 saturated heterocycles. The van der Waals surface area contributed by atoms with Crippen molar-refractivity contribution in [2.24, 2.45) is 5.41 Å². The molecule has 0 N–H and O–H groups in total. The largest absolute Gasteiger partial charge is 0.381 e. The molecular weight excluding hydrogens is 196 g/mol. The number of methoxy groups -OCH3 is 1. The van der Waals surface area contributed by atoms with Crippen LogP contribution in [0.4, 0.5) is 0 Å². The highest BCUT2D eigenvalue weighted by molar-refractivity contribution is 5.15. The van der Waals surface area contributed by atoms with Crippen LogP contribution in [0.1, 0.15) is 25.8 Å². The monoisotopic (exact) mass is 218 g/mol. The summed E-state index contributed by atoms with van der Waals surface area (Å²) in [6, 6.07) is 10.5. The fourth-order valence-electron chi connectivity index (χ4n) is 1.87. The third-order valence-electron chi connectivity index (χ3n) is 3.18. The highest BCUT2D eigenvalue weighted by Gasteiger charge is 2.25. The van der Waals surface area contributed by atoms with E-state index in [1.165, 1.54) is 5.56 Å². The van der Waals surface area contributed by atoms with E-state index in [0.29, 0.717) is 0 Å². The lowest BCUT2D eigenvalue weighted by Crippen LogP contribution is -2.29. The van der Waals surface area contributed by atoms with Gasteiger partial charge in [-0.2, -0.15) is 0 Å². The number of benzene rings is 1. The third kappa shape index (κ3) is 3.49. The van der Waals surface area contributed by atoms with Gasteiger partial charge in [0, 0.05) is 12.5 Å². The van der Waals surface area contributed by atoms with E-state index >= 15 is 0 Å². The number of ether oxygens (including phenoxy) is 1. The lowest BCUT2D eigenvalue weighted by Gasteiger charge is -2.30. The molecule has 1 aromatic rings. The lowest BCUT2D eigenvalue weighted by molar-refractivity contribution is 0.0255. The Bertz CT molecular complexity index is 313. The molecule has 0 fully saturated rings. The van der Waals surface area contributed by atoms with E-state index in [1.807, 2.05) is 12.1 Å². The van der Waals surface area contributed by atoms with Gasteiger partial charge in [0.25, 0.3) is 0 Å².